The summed E-state index contributed by atoms with van der Waals surface area (Å²) in [7, 11) is 0. The van der Waals surface area contributed by atoms with Gasteiger partial charge < -0.3 is 11.1 Å². The number of pyridine rings is 1. The second-order valence-corrected chi connectivity index (χ2v) is 4.48. The van der Waals surface area contributed by atoms with Crippen LogP contribution in [0.4, 0.5) is 13.2 Å². The number of nitrogens with two attached hydrogens (primary N) is 1. The molecular formula is C13H18F3N3O. The van der Waals surface area contributed by atoms with E-state index in [2.05, 4.69) is 10.3 Å². The summed E-state index contributed by atoms with van der Waals surface area (Å²) in [4.78, 5) is 15.4. The van der Waals surface area contributed by atoms with Crippen LogP contribution in [0.3, 0.4) is 0 Å². The lowest BCUT2D eigenvalue weighted by Gasteiger charge is -2.16. The van der Waals surface area contributed by atoms with Crippen molar-refractivity contribution in [3.63, 3.8) is 0 Å². The van der Waals surface area contributed by atoms with Gasteiger partial charge in [-0.2, -0.15) is 13.2 Å². The maximum atomic E-state index is 12.4. The quantitative estimate of drug-likeness (QED) is 0.844. The van der Waals surface area contributed by atoms with Gasteiger partial charge in [-0.15, -0.1) is 0 Å². The zero-order chi connectivity index (χ0) is 15.2. The molecule has 20 heavy (non-hydrogen) atoms. The van der Waals surface area contributed by atoms with Gasteiger partial charge in [0.1, 0.15) is 5.69 Å². The Bertz CT molecular complexity index is 431. The predicted molar refractivity (Wildman–Crippen MR) is 69.1 cm³/mol. The Morgan fingerprint density at radius 1 is 1.45 bits per heavy atom. The smallest absolute Gasteiger partial charge is 0.347 e. The van der Waals surface area contributed by atoms with E-state index in [-0.39, 0.29) is 18.3 Å². The first-order valence-corrected chi connectivity index (χ1v) is 6.42. The molecule has 1 aromatic heterocycles. The standard InChI is InChI=1S/C13H18F3N3O/c1-2-3-4-10(7-17)19-12(20)11-6-5-9(8-18-11)13(14,15)16/h5-6,8,10H,2-4,7,17H2,1H3,(H,19,20). The number of rotatable bonds is 6. The van der Waals surface area contributed by atoms with Gasteiger partial charge >= 0.3 is 6.18 Å². The van der Waals surface area contributed by atoms with Crippen molar-refractivity contribution in [1.82, 2.24) is 10.3 Å². The third-order valence-electron chi connectivity index (χ3n) is 2.85. The summed E-state index contributed by atoms with van der Waals surface area (Å²) in [6.07, 6.45) is -1.17. The fourth-order valence-electron chi connectivity index (χ4n) is 1.65. The Hall–Kier alpha value is -1.63. The second kappa shape index (κ2) is 7.23. The molecule has 0 aliphatic rings. The van der Waals surface area contributed by atoms with Gasteiger partial charge in [-0.25, -0.2) is 0 Å². The molecule has 112 valence electrons. The second-order valence-electron chi connectivity index (χ2n) is 4.48. The molecule has 0 spiro atoms. The van der Waals surface area contributed by atoms with Gasteiger partial charge in [-0.1, -0.05) is 19.8 Å². The van der Waals surface area contributed by atoms with E-state index in [1.807, 2.05) is 6.92 Å². The first-order chi connectivity index (χ1) is 9.38. The summed E-state index contributed by atoms with van der Waals surface area (Å²) in [5.74, 6) is -0.509. The highest BCUT2D eigenvalue weighted by molar-refractivity contribution is 5.92. The van der Waals surface area contributed by atoms with E-state index in [1.165, 1.54) is 0 Å². The minimum atomic E-state index is -4.46. The molecule has 1 rings (SSSR count). The van der Waals surface area contributed by atoms with Gasteiger partial charge in [0.25, 0.3) is 5.91 Å². The van der Waals surface area contributed by atoms with E-state index in [0.29, 0.717) is 6.20 Å². The number of carbonyl (C=O) groups excluding carboxylic acids is 1. The number of carbonyl (C=O) groups is 1. The topological polar surface area (TPSA) is 68.0 Å². The van der Waals surface area contributed by atoms with Gasteiger partial charge in [-0.3, -0.25) is 9.78 Å². The Morgan fingerprint density at radius 2 is 2.15 bits per heavy atom. The minimum absolute atomic E-state index is 0.0482. The van der Waals surface area contributed by atoms with Crippen LogP contribution in [0.1, 0.15) is 42.2 Å². The van der Waals surface area contributed by atoms with Crippen molar-refractivity contribution in [2.75, 3.05) is 6.54 Å². The fraction of sp³-hybridized carbons (Fsp3) is 0.538. The van der Waals surface area contributed by atoms with E-state index < -0.39 is 17.6 Å². The number of nitrogens with zero attached hydrogens (tertiary/aromatic N) is 1. The molecule has 1 atom stereocenters. The van der Waals surface area contributed by atoms with Gasteiger partial charge in [0, 0.05) is 18.8 Å². The number of amides is 1. The normalized spacial score (nSPS) is 13.1. The first kappa shape index (κ1) is 16.4. The Labute approximate surface area is 115 Å². The van der Waals surface area contributed by atoms with Gasteiger partial charge in [0.15, 0.2) is 0 Å². The summed E-state index contributed by atoms with van der Waals surface area (Å²) < 4.78 is 37.1. The molecule has 1 aromatic rings. The van der Waals surface area contributed by atoms with Crippen LogP contribution in [0.15, 0.2) is 18.3 Å². The van der Waals surface area contributed by atoms with Gasteiger partial charge in [0.05, 0.1) is 5.56 Å². The highest BCUT2D eigenvalue weighted by Crippen LogP contribution is 2.28. The van der Waals surface area contributed by atoms with Crippen LogP contribution in [-0.2, 0) is 6.18 Å². The fourth-order valence-corrected chi connectivity index (χ4v) is 1.65. The van der Waals surface area contributed by atoms with Crippen molar-refractivity contribution in [3.8, 4) is 0 Å². The lowest BCUT2D eigenvalue weighted by molar-refractivity contribution is -0.137. The molecular weight excluding hydrogens is 271 g/mol. The minimum Gasteiger partial charge on any atom is -0.347 e. The van der Waals surface area contributed by atoms with Crippen molar-refractivity contribution >= 4 is 5.91 Å². The number of halogens is 3. The van der Waals surface area contributed by atoms with E-state index in [4.69, 9.17) is 5.73 Å². The van der Waals surface area contributed by atoms with Crippen LogP contribution < -0.4 is 11.1 Å². The number of unbranched alkanes of at least 4 members (excludes halogenated alkanes) is 1. The zero-order valence-corrected chi connectivity index (χ0v) is 11.2. The highest BCUT2D eigenvalue weighted by Gasteiger charge is 2.31. The van der Waals surface area contributed by atoms with Crippen LogP contribution in [0.5, 0.6) is 0 Å². The van der Waals surface area contributed by atoms with Crippen LogP contribution in [0.25, 0.3) is 0 Å². The van der Waals surface area contributed by atoms with E-state index in [9.17, 15) is 18.0 Å². The molecule has 0 aliphatic carbocycles. The maximum Gasteiger partial charge on any atom is 0.417 e. The largest absolute Gasteiger partial charge is 0.417 e. The Kier molecular flexibility index (Phi) is 5.94. The first-order valence-electron chi connectivity index (χ1n) is 6.42. The molecule has 0 saturated carbocycles. The molecule has 0 radical (unpaired) electrons. The van der Waals surface area contributed by atoms with E-state index in [0.717, 1.165) is 31.4 Å². The molecule has 4 nitrogen and oxygen atoms in total. The highest BCUT2D eigenvalue weighted by atomic mass is 19.4. The molecule has 0 bridgehead atoms. The predicted octanol–water partition coefficient (Wildman–Crippen LogP) is 2.35. The lowest BCUT2D eigenvalue weighted by Crippen LogP contribution is -2.40. The van der Waals surface area contributed by atoms with Crippen LogP contribution >= 0.6 is 0 Å². The average molecular weight is 289 g/mol. The molecule has 0 aliphatic heterocycles. The summed E-state index contributed by atoms with van der Waals surface area (Å²) in [5.41, 5.74) is 4.61. The van der Waals surface area contributed by atoms with Gasteiger partial charge in [0.2, 0.25) is 0 Å². The van der Waals surface area contributed by atoms with Crippen molar-refractivity contribution in [1.29, 1.82) is 0 Å². The molecule has 7 heteroatoms. The zero-order valence-electron chi connectivity index (χ0n) is 11.2. The third kappa shape index (κ3) is 4.80. The SMILES string of the molecule is CCCCC(CN)NC(=O)c1ccc(C(F)(F)F)cn1. The summed E-state index contributed by atoms with van der Waals surface area (Å²) in [5, 5.41) is 2.67. The molecule has 0 fully saturated rings. The Morgan fingerprint density at radius 3 is 2.60 bits per heavy atom. The lowest BCUT2D eigenvalue weighted by atomic mass is 10.1. The third-order valence-corrected chi connectivity index (χ3v) is 2.85. The molecule has 0 aromatic carbocycles. The van der Waals surface area contributed by atoms with Crippen LogP contribution in [0, 0.1) is 0 Å². The van der Waals surface area contributed by atoms with Crippen molar-refractivity contribution in [2.24, 2.45) is 5.73 Å². The molecule has 3 N–H and O–H groups in total. The van der Waals surface area contributed by atoms with Crippen molar-refractivity contribution in [3.05, 3.63) is 29.6 Å². The van der Waals surface area contributed by atoms with Crippen molar-refractivity contribution in [2.45, 2.75) is 38.4 Å². The number of hydrogen-bond acceptors (Lipinski definition) is 3. The molecule has 1 amide bonds. The van der Waals surface area contributed by atoms with Crippen LogP contribution in [0.2, 0.25) is 0 Å². The Balaban J connectivity index is 2.67. The summed E-state index contributed by atoms with van der Waals surface area (Å²) in [6.45, 7) is 2.30. The summed E-state index contributed by atoms with van der Waals surface area (Å²) in [6, 6.07) is 1.71. The van der Waals surface area contributed by atoms with E-state index >= 15 is 0 Å². The number of hydrogen-bond donors (Lipinski definition) is 2. The number of nitrogens with one attached hydrogen (secondary N) is 1. The monoisotopic (exact) mass is 289 g/mol. The molecule has 0 saturated heterocycles. The number of alkyl halides is 3. The van der Waals surface area contributed by atoms with Gasteiger partial charge in [-0.05, 0) is 18.6 Å². The van der Waals surface area contributed by atoms with E-state index in [1.54, 1.807) is 0 Å². The summed E-state index contributed by atoms with van der Waals surface area (Å²) >= 11 is 0. The average Bonchev–Trinajstić information content (AvgIpc) is 2.42. The molecule has 1 heterocycles. The van der Waals surface area contributed by atoms with Crippen molar-refractivity contribution < 1.29 is 18.0 Å². The maximum absolute atomic E-state index is 12.4. The number of aromatic nitrogens is 1. The van der Waals surface area contributed by atoms with Crippen LogP contribution in [-0.4, -0.2) is 23.5 Å². The molecule has 1 unspecified atom stereocenters.